The highest BCUT2D eigenvalue weighted by atomic mass is 32.2. The predicted molar refractivity (Wildman–Crippen MR) is 150 cm³/mol. The van der Waals surface area contributed by atoms with Crippen molar-refractivity contribution in [1.82, 2.24) is 9.97 Å². The van der Waals surface area contributed by atoms with E-state index < -0.39 is 16.0 Å². The van der Waals surface area contributed by atoms with Crippen molar-refractivity contribution in [2.75, 3.05) is 28.0 Å². The second-order valence-electron chi connectivity index (χ2n) is 9.36. The van der Waals surface area contributed by atoms with Crippen molar-refractivity contribution in [3.05, 3.63) is 64.3 Å². The fraction of sp³-hybridized carbons (Fsp3) is 0.269. The predicted octanol–water partition coefficient (Wildman–Crippen LogP) is 4.81. The van der Waals surface area contributed by atoms with Crippen LogP contribution in [0.25, 0.3) is 10.2 Å². The SMILES string of the molecule is Cc1cc(C#N)cc(C)c1Oc1nc(NC2CCN(c3ccc(NS(N)(=O)=O)cc3F)CC2)nc2ccsc12. The molecule has 39 heavy (non-hydrogen) atoms. The van der Waals surface area contributed by atoms with Gasteiger partial charge in [-0.05, 0) is 73.5 Å². The van der Waals surface area contributed by atoms with Gasteiger partial charge in [-0.15, -0.1) is 11.3 Å². The van der Waals surface area contributed by atoms with Gasteiger partial charge in [0.25, 0.3) is 10.2 Å². The van der Waals surface area contributed by atoms with Gasteiger partial charge in [-0.3, -0.25) is 4.72 Å². The Balaban J connectivity index is 1.29. The maximum atomic E-state index is 14.7. The number of halogens is 1. The number of ether oxygens (including phenoxy) is 1. The normalized spacial score (nSPS) is 14.3. The van der Waals surface area contributed by atoms with Crippen LogP contribution < -0.4 is 24.8 Å². The van der Waals surface area contributed by atoms with Gasteiger partial charge in [0.05, 0.1) is 28.5 Å². The topological polar surface area (TPSA) is 146 Å². The van der Waals surface area contributed by atoms with Crippen molar-refractivity contribution in [3.63, 3.8) is 0 Å². The summed E-state index contributed by atoms with van der Waals surface area (Å²) in [7, 11) is -3.98. The van der Waals surface area contributed by atoms with Crippen LogP contribution in [0.15, 0.2) is 41.8 Å². The summed E-state index contributed by atoms with van der Waals surface area (Å²) in [6.07, 6.45) is 1.43. The number of nitrogens with two attached hydrogens (primary N) is 1. The molecule has 10 nitrogen and oxygen atoms in total. The molecule has 0 spiro atoms. The summed E-state index contributed by atoms with van der Waals surface area (Å²) < 4.78 is 46.3. The van der Waals surface area contributed by atoms with Crippen LogP contribution >= 0.6 is 11.3 Å². The molecule has 1 fully saturated rings. The summed E-state index contributed by atoms with van der Waals surface area (Å²) in [5.41, 5.74) is 3.50. The van der Waals surface area contributed by atoms with E-state index in [0.717, 1.165) is 27.4 Å². The summed E-state index contributed by atoms with van der Waals surface area (Å²) in [5, 5.41) is 19.6. The monoisotopic (exact) mass is 567 g/mol. The number of rotatable bonds is 7. The summed E-state index contributed by atoms with van der Waals surface area (Å²) in [6, 6.07) is 11.9. The Morgan fingerprint density at radius 1 is 1.15 bits per heavy atom. The third-order valence-electron chi connectivity index (χ3n) is 6.44. The lowest BCUT2D eigenvalue weighted by molar-refractivity contribution is 0.461. The molecule has 202 valence electrons. The average Bonchev–Trinajstić information content (AvgIpc) is 3.35. The zero-order chi connectivity index (χ0) is 27.7. The van der Waals surface area contributed by atoms with Gasteiger partial charge in [0.2, 0.25) is 11.8 Å². The number of nitrogens with one attached hydrogen (secondary N) is 2. The first kappa shape index (κ1) is 26.6. The highest BCUT2D eigenvalue weighted by molar-refractivity contribution is 7.90. The molecule has 1 aliphatic rings. The van der Waals surface area contributed by atoms with Gasteiger partial charge in [-0.2, -0.15) is 18.7 Å². The number of thiophene rings is 1. The van der Waals surface area contributed by atoms with Crippen LogP contribution in [-0.4, -0.2) is 37.5 Å². The fourth-order valence-electron chi connectivity index (χ4n) is 4.68. The van der Waals surface area contributed by atoms with Crippen molar-refractivity contribution in [2.24, 2.45) is 5.14 Å². The van der Waals surface area contributed by atoms with Crippen molar-refractivity contribution in [3.8, 4) is 17.7 Å². The number of hydrogen-bond acceptors (Lipinski definition) is 9. The number of nitrogens with zero attached hydrogens (tertiary/aromatic N) is 4. The number of benzene rings is 2. The first-order valence-electron chi connectivity index (χ1n) is 12.2. The van der Waals surface area contributed by atoms with E-state index in [-0.39, 0.29) is 11.7 Å². The van der Waals surface area contributed by atoms with Crippen molar-refractivity contribution >= 4 is 49.1 Å². The van der Waals surface area contributed by atoms with Gasteiger partial charge < -0.3 is 15.0 Å². The summed E-state index contributed by atoms with van der Waals surface area (Å²) in [5.74, 6) is 1.02. The van der Waals surface area contributed by atoms with E-state index >= 15 is 0 Å². The zero-order valence-electron chi connectivity index (χ0n) is 21.2. The van der Waals surface area contributed by atoms with Gasteiger partial charge >= 0.3 is 0 Å². The molecular formula is C26H26FN7O3S2. The number of hydrogen-bond donors (Lipinski definition) is 3. The Bertz CT molecular complexity index is 1670. The molecule has 2 aromatic carbocycles. The largest absolute Gasteiger partial charge is 0.437 e. The van der Waals surface area contributed by atoms with E-state index in [2.05, 4.69) is 26.1 Å². The molecule has 0 saturated carbocycles. The van der Waals surface area contributed by atoms with Crippen LogP contribution in [0.5, 0.6) is 11.6 Å². The molecule has 5 rings (SSSR count). The van der Waals surface area contributed by atoms with Gasteiger partial charge in [0.15, 0.2) is 0 Å². The lowest BCUT2D eigenvalue weighted by atomic mass is 10.0. The Labute approximate surface area is 229 Å². The molecule has 2 aromatic heterocycles. The van der Waals surface area contributed by atoms with Crippen LogP contribution in [0.1, 0.15) is 29.5 Å². The van der Waals surface area contributed by atoms with Gasteiger partial charge in [-0.1, -0.05) is 0 Å². The molecular weight excluding hydrogens is 541 g/mol. The lowest BCUT2D eigenvalue weighted by Gasteiger charge is -2.34. The van der Waals surface area contributed by atoms with Crippen molar-refractivity contribution in [1.29, 1.82) is 5.26 Å². The van der Waals surface area contributed by atoms with Gasteiger partial charge in [-0.25, -0.2) is 14.5 Å². The second kappa shape index (κ2) is 10.6. The van der Waals surface area contributed by atoms with Crippen LogP contribution in [0, 0.1) is 31.0 Å². The van der Waals surface area contributed by atoms with Crippen LogP contribution in [0.4, 0.5) is 21.7 Å². The third kappa shape index (κ3) is 6.03. The zero-order valence-corrected chi connectivity index (χ0v) is 22.9. The summed E-state index contributed by atoms with van der Waals surface area (Å²) >= 11 is 1.49. The minimum absolute atomic E-state index is 0.0648. The summed E-state index contributed by atoms with van der Waals surface area (Å²) in [6.45, 7) is 4.97. The molecule has 0 unspecified atom stereocenters. The number of aromatic nitrogens is 2. The molecule has 1 aliphatic heterocycles. The summed E-state index contributed by atoms with van der Waals surface area (Å²) in [4.78, 5) is 11.3. The maximum absolute atomic E-state index is 14.7. The van der Waals surface area contributed by atoms with Crippen LogP contribution in [0.3, 0.4) is 0 Å². The molecule has 0 amide bonds. The molecule has 1 saturated heterocycles. The second-order valence-corrected chi connectivity index (χ2v) is 11.6. The van der Waals surface area contributed by atoms with Crippen molar-refractivity contribution < 1.29 is 17.5 Å². The smallest absolute Gasteiger partial charge is 0.296 e. The van der Waals surface area contributed by atoms with Crippen molar-refractivity contribution in [2.45, 2.75) is 32.7 Å². The van der Waals surface area contributed by atoms with E-state index in [1.54, 1.807) is 18.2 Å². The average molecular weight is 568 g/mol. The minimum Gasteiger partial charge on any atom is -0.437 e. The van der Waals surface area contributed by atoms with E-state index in [1.807, 2.05) is 30.2 Å². The number of nitriles is 1. The highest BCUT2D eigenvalue weighted by Gasteiger charge is 2.23. The number of piperidine rings is 1. The Kier molecular flexibility index (Phi) is 7.26. The standard InChI is InChI=1S/C26H26FN7O3S2/c1-15-11-17(14-28)12-16(2)23(15)37-25-24-21(7-10-38-24)31-26(32-25)30-18-5-8-34(9-6-18)22-4-3-19(13-20(22)27)33-39(29,35)36/h3-4,7,10-13,18,33H,5-6,8-9H2,1-2H3,(H2,29,35,36)(H,30,31,32). The molecule has 3 heterocycles. The van der Waals surface area contributed by atoms with Crippen LogP contribution in [0.2, 0.25) is 0 Å². The number of fused-ring (bicyclic) bond motifs is 1. The van der Waals surface area contributed by atoms with E-state index in [0.29, 0.717) is 54.8 Å². The molecule has 0 bridgehead atoms. The number of aryl methyl sites for hydroxylation is 2. The molecule has 13 heteroatoms. The molecule has 4 aromatic rings. The molecule has 4 N–H and O–H groups in total. The fourth-order valence-corrected chi connectivity index (χ4v) is 5.89. The van der Waals surface area contributed by atoms with E-state index in [1.165, 1.54) is 17.4 Å². The molecule has 0 atom stereocenters. The van der Waals surface area contributed by atoms with Gasteiger partial charge in [0.1, 0.15) is 16.3 Å². The third-order valence-corrected chi connectivity index (χ3v) is 7.85. The lowest BCUT2D eigenvalue weighted by Crippen LogP contribution is -2.39. The first-order chi connectivity index (χ1) is 18.6. The van der Waals surface area contributed by atoms with Crippen LogP contribution in [-0.2, 0) is 10.2 Å². The Hall–Kier alpha value is -3.99. The Morgan fingerprint density at radius 3 is 2.51 bits per heavy atom. The molecule has 0 radical (unpaired) electrons. The Morgan fingerprint density at radius 2 is 1.87 bits per heavy atom. The highest BCUT2D eigenvalue weighted by Crippen LogP contribution is 2.36. The maximum Gasteiger partial charge on any atom is 0.296 e. The molecule has 0 aliphatic carbocycles. The minimum atomic E-state index is -3.98. The van der Waals surface area contributed by atoms with E-state index in [4.69, 9.17) is 9.88 Å². The van der Waals surface area contributed by atoms with Gasteiger partial charge in [0, 0.05) is 25.2 Å². The van der Waals surface area contributed by atoms with E-state index in [9.17, 15) is 18.1 Å². The first-order valence-corrected chi connectivity index (χ1v) is 14.6. The number of anilines is 3. The quantitative estimate of drug-likeness (QED) is 0.288.